The maximum Gasteiger partial charge on any atom is 0.130 e. The Labute approximate surface area is 235 Å². The first kappa shape index (κ1) is 25.6. The fourth-order valence-corrected chi connectivity index (χ4v) is 4.88. The molecule has 0 radical (unpaired) electrons. The van der Waals surface area contributed by atoms with Crippen molar-refractivity contribution in [1.29, 1.82) is 0 Å². The largest absolute Gasteiger partial charge is 0.489 e. The van der Waals surface area contributed by atoms with Gasteiger partial charge < -0.3 is 18.9 Å². The van der Waals surface area contributed by atoms with E-state index in [2.05, 4.69) is 48.5 Å². The maximum absolute atomic E-state index is 6.57. The van der Waals surface area contributed by atoms with Crippen molar-refractivity contribution in [2.75, 3.05) is 0 Å². The van der Waals surface area contributed by atoms with Crippen molar-refractivity contribution < 1.29 is 18.9 Å². The van der Waals surface area contributed by atoms with Gasteiger partial charge in [-0.2, -0.15) is 0 Å². The highest BCUT2D eigenvalue weighted by Gasteiger charge is 2.25. The highest BCUT2D eigenvalue weighted by molar-refractivity contribution is 5.52. The van der Waals surface area contributed by atoms with E-state index in [1.165, 1.54) is 0 Å². The lowest BCUT2D eigenvalue weighted by Crippen LogP contribution is -2.16. The Morgan fingerprint density at radius 3 is 1.65 bits per heavy atom. The maximum atomic E-state index is 6.57. The second kappa shape index (κ2) is 12.4. The van der Waals surface area contributed by atoms with E-state index in [9.17, 15) is 0 Å². The zero-order chi connectivity index (χ0) is 27.0. The molecule has 1 heterocycles. The molecule has 0 bridgehead atoms. The Morgan fingerprint density at radius 1 is 0.550 bits per heavy atom. The van der Waals surface area contributed by atoms with Gasteiger partial charge in [-0.05, 0) is 47.2 Å². The van der Waals surface area contributed by atoms with Crippen LogP contribution >= 0.6 is 0 Å². The first-order valence-corrected chi connectivity index (χ1v) is 13.7. The number of hydrogen-bond acceptors (Lipinski definition) is 4. The zero-order valence-corrected chi connectivity index (χ0v) is 22.4. The number of hydrogen-bond donors (Lipinski definition) is 0. The molecule has 1 aliphatic rings. The van der Waals surface area contributed by atoms with Gasteiger partial charge in [-0.3, -0.25) is 0 Å². The molecule has 0 saturated carbocycles. The monoisotopic (exact) mass is 528 g/mol. The molecule has 200 valence electrons. The van der Waals surface area contributed by atoms with Gasteiger partial charge in [-0.15, -0.1) is 0 Å². The van der Waals surface area contributed by atoms with Crippen molar-refractivity contribution >= 4 is 0 Å². The highest BCUT2D eigenvalue weighted by atomic mass is 16.5. The van der Waals surface area contributed by atoms with Crippen LogP contribution in [0.3, 0.4) is 0 Å². The van der Waals surface area contributed by atoms with Crippen LogP contribution < -0.4 is 18.9 Å². The molecule has 1 atom stereocenters. The van der Waals surface area contributed by atoms with E-state index < -0.39 is 0 Å². The Bertz CT molecular complexity index is 1500. The van der Waals surface area contributed by atoms with E-state index in [4.69, 9.17) is 18.9 Å². The van der Waals surface area contributed by atoms with Gasteiger partial charge in [0.05, 0.1) is 0 Å². The second-order valence-corrected chi connectivity index (χ2v) is 9.94. The summed E-state index contributed by atoms with van der Waals surface area (Å²) in [5.41, 5.74) is 5.59. The average Bonchev–Trinajstić information content (AvgIpc) is 3.03. The first-order valence-electron chi connectivity index (χ1n) is 13.7. The number of rotatable bonds is 10. The Morgan fingerprint density at radius 2 is 1.07 bits per heavy atom. The van der Waals surface area contributed by atoms with Gasteiger partial charge in [0.1, 0.15) is 48.9 Å². The molecule has 0 spiro atoms. The molecule has 0 unspecified atom stereocenters. The van der Waals surface area contributed by atoms with Crippen LogP contribution in [0.2, 0.25) is 0 Å². The molecule has 1 aliphatic heterocycles. The lowest BCUT2D eigenvalue weighted by Gasteiger charge is -2.28. The molecule has 0 N–H and O–H groups in total. The normalized spacial score (nSPS) is 14.1. The molecule has 0 fully saturated rings. The van der Waals surface area contributed by atoms with Gasteiger partial charge in [0.15, 0.2) is 0 Å². The highest BCUT2D eigenvalue weighted by Crippen LogP contribution is 2.43. The topological polar surface area (TPSA) is 36.9 Å². The minimum absolute atomic E-state index is 0.0537. The fraction of sp³-hybridized carbons (Fsp3) is 0.167. The minimum Gasteiger partial charge on any atom is -0.489 e. The van der Waals surface area contributed by atoms with Crippen LogP contribution in [0.5, 0.6) is 23.0 Å². The van der Waals surface area contributed by atoms with Crippen molar-refractivity contribution in [3.8, 4) is 23.0 Å². The summed E-state index contributed by atoms with van der Waals surface area (Å²) in [6, 6.07) is 42.8. The smallest absolute Gasteiger partial charge is 0.130 e. The molecule has 0 aromatic heterocycles. The molecule has 4 heteroatoms. The molecular weight excluding hydrogens is 496 g/mol. The van der Waals surface area contributed by atoms with Crippen LogP contribution in [0, 0.1) is 0 Å². The molecule has 0 aliphatic carbocycles. The second-order valence-electron chi connectivity index (χ2n) is 9.94. The van der Waals surface area contributed by atoms with Gasteiger partial charge in [-0.1, -0.05) is 103 Å². The third-order valence-electron chi connectivity index (χ3n) is 7.05. The van der Waals surface area contributed by atoms with Gasteiger partial charge in [0, 0.05) is 17.7 Å². The van der Waals surface area contributed by atoms with Gasteiger partial charge in [0.2, 0.25) is 0 Å². The molecule has 0 saturated heterocycles. The Balaban J connectivity index is 1.18. The van der Waals surface area contributed by atoms with E-state index in [-0.39, 0.29) is 6.10 Å². The summed E-state index contributed by atoms with van der Waals surface area (Å²) in [5.74, 6) is 3.20. The zero-order valence-electron chi connectivity index (χ0n) is 22.4. The summed E-state index contributed by atoms with van der Waals surface area (Å²) < 4.78 is 25.1. The van der Waals surface area contributed by atoms with Crippen LogP contribution in [0.1, 0.15) is 40.3 Å². The molecular formula is C36H32O4. The third kappa shape index (κ3) is 6.47. The third-order valence-corrected chi connectivity index (χ3v) is 7.05. The van der Waals surface area contributed by atoms with Crippen LogP contribution in [0.25, 0.3) is 0 Å². The number of ether oxygens (including phenoxy) is 4. The Hall–Kier alpha value is -4.70. The standard InChI is InChI=1S/C36H32O4/c1-4-10-27(11-5-1)24-37-31-18-16-30(17-19-31)34-21-20-33-35(39-26-29-14-8-3-9-15-29)22-32(23-36(33)40-34)38-25-28-12-6-2-7-13-28/h1-19,22-23,34H,20-21,24-26H2/t34-/m1/s1. The van der Waals surface area contributed by atoms with E-state index in [0.29, 0.717) is 19.8 Å². The summed E-state index contributed by atoms with van der Waals surface area (Å²) in [4.78, 5) is 0. The molecule has 6 rings (SSSR count). The van der Waals surface area contributed by atoms with Gasteiger partial charge in [0.25, 0.3) is 0 Å². The first-order chi connectivity index (χ1) is 19.8. The lowest BCUT2D eigenvalue weighted by atomic mass is 9.96. The van der Waals surface area contributed by atoms with Crippen molar-refractivity contribution in [2.24, 2.45) is 0 Å². The van der Waals surface area contributed by atoms with E-state index >= 15 is 0 Å². The lowest BCUT2D eigenvalue weighted by molar-refractivity contribution is 0.171. The Kier molecular flexibility index (Phi) is 7.95. The fourth-order valence-electron chi connectivity index (χ4n) is 4.88. The van der Waals surface area contributed by atoms with E-state index in [1.807, 2.05) is 78.9 Å². The van der Waals surface area contributed by atoms with Crippen LogP contribution in [0.4, 0.5) is 0 Å². The predicted octanol–water partition coefficient (Wildman–Crippen LogP) is 8.49. The minimum atomic E-state index is -0.0537. The summed E-state index contributed by atoms with van der Waals surface area (Å²) in [6.45, 7) is 1.51. The van der Waals surface area contributed by atoms with Gasteiger partial charge >= 0.3 is 0 Å². The predicted molar refractivity (Wildman–Crippen MR) is 157 cm³/mol. The summed E-state index contributed by atoms with van der Waals surface area (Å²) in [5, 5.41) is 0. The van der Waals surface area contributed by atoms with Crippen molar-refractivity contribution in [2.45, 2.75) is 38.8 Å². The quantitative estimate of drug-likeness (QED) is 0.182. The van der Waals surface area contributed by atoms with Crippen molar-refractivity contribution in [1.82, 2.24) is 0 Å². The van der Waals surface area contributed by atoms with Gasteiger partial charge in [-0.25, -0.2) is 0 Å². The molecule has 5 aromatic rings. The molecule has 4 nitrogen and oxygen atoms in total. The SMILES string of the molecule is c1ccc(COc2ccc([C@H]3CCc4c(OCc5ccccc5)cc(OCc5ccccc5)cc4O3)cc2)cc1. The average molecular weight is 529 g/mol. The summed E-state index contributed by atoms with van der Waals surface area (Å²) in [6.07, 6.45) is 1.67. The van der Waals surface area contributed by atoms with Crippen LogP contribution in [0.15, 0.2) is 127 Å². The number of benzene rings is 5. The van der Waals surface area contributed by atoms with Crippen molar-refractivity contribution in [3.05, 3.63) is 155 Å². The van der Waals surface area contributed by atoms with Crippen LogP contribution in [-0.2, 0) is 26.2 Å². The number of fused-ring (bicyclic) bond motifs is 1. The van der Waals surface area contributed by atoms with E-state index in [1.54, 1.807) is 0 Å². The van der Waals surface area contributed by atoms with E-state index in [0.717, 1.165) is 63.7 Å². The molecule has 0 amide bonds. The summed E-state index contributed by atoms with van der Waals surface area (Å²) >= 11 is 0. The van der Waals surface area contributed by atoms with Crippen molar-refractivity contribution in [3.63, 3.8) is 0 Å². The molecule has 5 aromatic carbocycles. The van der Waals surface area contributed by atoms with Crippen LogP contribution in [-0.4, -0.2) is 0 Å². The summed E-state index contributed by atoms with van der Waals surface area (Å²) in [7, 11) is 0. The molecule has 40 heavy (non-hydrogen) atoms.